The van der Waals surface area contributed by atoms with Crippen molar-refractivity contribution in [2.24, 2.45) is 5.92 Å². The van der Waals surface area contributed by atoms with Crippen LogP contribution in [0.15, 0.2) is 29.1 Å². The van der Waals surface area contributed by atoms with Crippen LogP contribution in [-0.4, -0.2) is 60.1 Å². The number of nitrogens with one attached hydrogen (secondary N) is 1. The molecule has 2 saturated heterocycles. The fourth-order valence-electron chi connectivity index (χ4n) is 4.04. The van der Waals surface area contributed by atoms with Gasteiger partial charge in [0.1, 0.15) is 5.82 Å². The number of ether oxygens (including phenoxy) is 1. The van der Waals surface area contributed by atoms with Gasteiger partial charge in [0, 0.05) is 48.8 Å². The Hall–Kier alpha value is -2.25. The first-order chi connectivity index (χ1) is 13.1. The first kappa shape index (κ1) is 18.1. The van der Waals surface area contributed by atoms with Crippen LogP contribution < -0.4 is 5.43 Å². The fraction of sp³-hybridized carbons (Fsp3) is 0.500. The minimum Gasteiger partial charge on any atom is -0.378 e. The highest BCUT2D eigenvalue weighted by Gasteiger charge is 2.30. The van der Waals surface area contributed by atoms with E-state index < -0.39 is 5.82 Å². The minimum absolute atomic E-state index is 0.00174. The number of rotatable bonds is 3. The number of hydrogen-bond acceptors (Lipinski definition) is 4. The van der Waals surface area contributed by atoms with Gasteiger partial charge in [-0.15, -0.1) is 0 Å². The minimum atomic E-state index is -0.416. The van der Waals surface area contributed by atoms with E-state index in [0.717, 1.165) is 25.1 Å². The lowest BCUT2D eigenvalue weighted by atomic mass is 9.96. The average molecular weight is 373 g/mol. The summed E-state index contributed by atoms with van der Waals surface area (Å²) in [4.78, 5) is 32.4. The van der Waals surface area contributed by atoms with Crippen molar-refractivity contribution < 1.29 is 13.9 Å². The average Bonchev–Trinajstić information content (AvgIpc) is 2.69. The molecule has 1 aromatic heterocycles. The molecule has 27 heavy (non-hydrogen) atoms. The van der Waals surface area contributed by atoms with Gasteiger partial charge in [-0.25, -0.2) is 4.39 Å². The van der Waals surface area contributed by atoms with Crippen molar-refractivity contribution in [3.05, 3.63) is 46.0 Å². The van der Waals surface area contributed by atoms with Crippen LogP contribution in [0.3, 0.4) is 0 Å². The molecule has 2 aromatic rings. The number of H-pyrrole nitrogens is 1. The summed E-state index contributed by atoms with van der Waals surface area (Å²) < 4.78 is 18.7. The normalized spacial score (nSPS) is 21.5. The number of halogens is 1. The van der Waals surface area contributed by atoms with Gasteiger partial charge in [0.05, 0.1) is 19.1 Å². The van der Waals surface area contributed by atoms with Gasteiger partial charge in [-0.2, -0.15) is 0 Å². The SMILES string of the molecule is O=C(C1CCCN(Cc2cc(=O)c3cc(F)ccc3[nH]2)C1)N1CCOCC1. The molecular weight excluding hydrogens is 349 g/mol. The molecule has 6 nitrogen and oxygen atoms in total. The highest BCUT2D eigenvalue weighted by atomic mass is 19.1. The van der Waals surface area contributed by atoms with Crippen molar-refractivity contribution in [3.63, 3.8) is 0 Å². The van der Waals surface area contributed by atoms with Gasteiger partial charge in [0.25, 0.3) is 0 Å². The summed E-state index contributed by atoms with van der Waals surface area (Å²) in [6.45, 7) is 4.74. The standard InChI is InChI=1S/C20H24FN3O3/c21-15-3-4-18-17(10-15)19(25)11-16(22-18)13-23-5-1-2-14(12-23)20(26)24-6-8-27-9-7-24/h3-4,10-11,14H,1-2,5-9,12-13H2,(H,22,25). The van der Waals surface area contributed by atoms with Crippen LogP contribution in [0.25, 0.3) is 10.9 Å². The lowest BCUT2D eigenvalue weighted by Crippen LogP contribution is -2.48. The molecule has 1 aromatic carbocycles. The van der Waals surface area contributed by atoms with Crippen LogP contribution >= 0.6 is 0 Å². The molecule has 2 fully saturated rings. The number of morpholine rings is 1. The van der Waals surface area contributed by atoms with Crippen molar-refractivity contribution in [3.8, 4) is 0 Å². The molecule has 144 valence electrons. The largest absolute Gasteiger partial charge is 0.378 e. The van der Waals surface area contributed by atoms with Crippen LogP contribution in [-0.2, 0) is 16.1 Å². The summed E-state index contributed by atoms with van der Waals surface area (Å²) in [5.41, 5.74) is 1.24. The summed E-state index contributed by atoms with van der Waals surface area (Å²) in [7, 11) is 0. The number of likely N-dealkylation sites (tertiary alicyclic amines) is 1. The Labute approximate surface area is 156 Å². The monoisotopic (exact) mass is 373 g/mol. The summed E-state index contributed by atoms with van der Waals surface area (Å²) in [5.74, 6) is -0.204. The molecular formula is C20H24FN3O3. The highest BCUT2D eigenvalue weighted by molar-refractivity contribution is 5.79. The zero-order valence-electron chi connectivity index (χ0n) is 15.2. The molecule has 0 aliphatic carbocycles. The van der Waals surface area contributed by atoms with Crippen molar-refractivity contribution in [2.75, 3.05) is 39.4 Å². The number of amides is 1. The zero-order valence-corrected chi connectivity index (χ0v) is 15.2. The third-order valence-electron chi connectivity index (χ3n) is 5.42. The molecule has 0 saturated carbocycles. The quantitative estimate of drug-likeness (QED) is 0.890. The molecule has 1 atom stereocenters. The Morgan fingerprint density at radius 2 is 2.04 bits per heavy atom. The molecule has 0 bridgehead atoms. The van der Waals surface area contributed by atoms with E-state index in [9.17, 15) is 14.0 Å². The second-order valence-corrected chi connectivity index (χ2v) is 7.36. The number of aromatic amines is 1. The Morgan fingerprint density at radius 1 is 1.22 bits per heavy atom. The number of carbonyl (C=O) groups is 1. The van der Waals surface area contributed by atoms with Crippen LogP contribution in [0.4, 0.5) is 4.39 Å². The third kappa shape index (κ3) is 4.04. The van der Waals surface area contributed by atoms with Crippen molar-refractivity contribution in [1.29, 1.82) is 0 Å². The van der Waals surface area contributed by atoms with Gasteiger partial charge < -0.3 is 14.6 Å². The van der Waals surface area contributed by atoms with Crippen molar-refractivity contribution in [2.45, 2.75) is 19.4 Å². The molecule has 1 unspecified atom stereocenters. The van der Waals surface area contributed by atoms with E-state index in [4.69, 9.17) is 4.74 Å². The van der Waals surface area contributed by atoms with Gasteiger partial charge in [-0.3, -0.25) is 14.5 Å². The van der Waals surface area contributed by atoms with Crippen LogP contribution in [0.1, 0.15) is 18.5 Å². The molecule has 2 aliphatic rings. The van der Waals surface area contributed by atoms with E-state index in [2.05, 4.69) is 9.88 Å². The second-order valence-electron chi connectivity index (χ2n) is 7.36. The molecule has 0 radical (unpaired) electrons. The van der Waals surface area contributed by atoms with Gasteiger partial charge in [0.2, 0.25) is 5.91 Å². The number of benzene rings is 1. The van der Waals surface area contributed by atoms with Crippen molar-refractivity contribution in [1.82, 2.24) is 14.8 Å². The molecule has 0 spiro atoms. The van der Waals surface area contributed by atoms with E-state index in [-0.39, 0.29) is 17.3 Å². The Bertz CT molecular complexity index is 892. The predicted molar refractivity (Wildman–Crippen MR) is 99.9 cm³/mol. The number of carbonyl (C=O) groups excluding carboxylic acids is 1. The summed E-state index contributed by atoms with van der Waals surface area (Å²) >= 11 is 0. The van der Waals surface area contributed by atoms with Crippen LogP contribution in [0.5, 0.6) is 0 Å². The molecule has 4 rings (SSSR count). The first-order valence-corrected chi connectivity index (χ1v) is 9.50. The van der Waals surface area contributed by atoms with Crippen LogP contribution in [0, 0.1) is 11.7 Å². The molecule has 3 heterocycles. The number of aromatic nitrogens is 1. The van der Waals surface area contributed by atoms with Crippen molar-refractivity contribution >= 4 is 16.8 Å². The smallest absolute Gasteiger partial charge is 0.227 e. The highest BCUT2D eigenvalue weighted by Crippen LogP contribution is 2.21. The lowest BCUT2D eigenvalue weighted by molar-refractivity contribution is -0.141. The van der Waals surface area contributed by atoms with Gasteiger partial charge in [0.15, 0.2) is 5.43 Å². The first-order valence-electron chi connectivity index (χ1n) is 9.50. The number of pyridine rings is 1. The van der Waals surface area contributed by atoms with Gasteiger partial charge in [-0.05, 0) is 37.6 Å². The summed E-state index contributed by atoms with van der Waals surface area (Å²) in [6, 6.07) is 5.74. The summed E-state index contributed by atoms with van der Waals surface area (Å²) in [5, 5.41) is 0.359. The predicted octanol–water partition coefficient (Wildman–Crippen LogP) is 1.74. The number of nitrogens with zero attached hydrogens (tertiary/aromatic N) is 2. The topological polar surface area (TPSA) is 65.6 Å². The number of piperidine rings is 1. The molecule has 1 N–H and O–H groups in total. The maximum Gasteiger partial charge on any atom is 0.227 e. The van der Waals surface area contributed by atoms with E-state index in [1.54, 1.807) is 6.07 Å². The molecule has 1 amide bonds. The molecule has 7 heteroatoms. The Morgan fingerprint density at radius 3 is 2.85 bits per heavy atom. The van der Waals surface area contributed by atoms with Gasteiger partial charge in [-0.1, -0.05) is 0 Å². The zero-order chi connectivity index (χ0) is 18.8. The van der Waals surface area contributed by atoms with E-state index in [0.29, 0.717) is 50.3 Å². The van der Waals surface area contributed by atoms with E-state index in [1.807, 2.05) is 4.90 Å². The Balaban J connectivity index is 1.46. The fourth-order valence-corrected chi connectivity index (χ4v) is 4.04. The summed E-state index contributed by atoms with van der Waals surface area (Å²) in [6.07, 6.45) is 1.87. The third-order valence-corrected chi connectivity index (χ3v) is 5.42. The lowest BCUT2D eigenvalue weighted by Gasteiger charge is -2.36. The Kier molecular flexibility index (Phi) is 5.22. The number of hydrogen-bond donors (Lipinski definition) is 1. The molecule has 2 aliphatic heterocycles. The van der Waals surface area contributed by atoms with Crippen LogP contribution in [0.2, 0.25) is 0 Å². The maximum absolute atomic E-state index is 13.4. The number of fused-ring (bicyclic) bond motifs is 1. The van der Waals surface area contributed by atoms with Gasteiger partial charge >= 0.3 is 0 Å². The van der Waals surface area contributed by atoms with E-state index in [1.165, 1.54) is 18.2 Å². The maximum atomic E-state index is 13.4. The van der Waals surface area contributed by atoms with E-state index >= 15 is 0 Å². The second kappa shape index (κ2) is 7.78.